The van der Waals surface area contributed by atoms with Gasteiger partial charge in [-0.05, 0) is 45.1 Å². The Balaban J connectivity index is 2.06. The minimum atomic E-state index is 0.712. The summed E-state index contributed by atoms with van der Waals surface area (Å²) in [6.45, 7) is 7.92. The van der Waals surface area contributed by atoms with Gasteiger partial charge in [0.25, 0.3) is 0 Å². The third-order valence-corrected chi connectivity index (χ3v) is 4.01. The molecule has 4 nitrogen and oxygen atoms in total. The van der Waals surface area contributed by atoms with E-state index in [1.165, 1.54) is 11.3 Å². The van der Waals surface area contributed by atoms with Gasteiger partial charge in [-0.2, -0.15) is 5.10 Å². The van der Waals surface area contributed by atoms with Gasteiger partial charge in [-0.1, -0.05) is 18.2 Å². The third-order valence-electron chi connectivity index (χ3n) is 3.60. The average molecular weight is 302 g/mol. The van der Waals surface area contributed by atoms with Crippen LogP contribution in [0.5, 0.6) is 0 Å². The zero-order chi connectivity index (χ0) is 15.4. The highest BCUT2D eigenvalue weighted by molar-refractivity contribution is 7.80. The summed E-state index contributed by atoms with van der Waals surface area (Å²) in [7, 11) is 2.00. The number of para-hydroxylation sites is 1. The Morgan fingerprint density at radius 3 is 2.52 bits per heavy atom. The van der Waals surface area contributed by atoms with Crippen LogP contribution in [0.25, 0.3) is 0 Å². The van der Waals surface area contributed by atoms with Gasteiger partial charge in [-0.25, -0.2) is 0 Å². The number of rotatable bonds is 4. The summed E-state index contributed by atoms with van der Waals surface area (Å²) in [5.41, 5.74) is 4.54. The van der Waals surface area contributed by atoms with E-state index >= 15 is 0 Å². The first-order valence-electron chi connectivity index (χ1n) is 7.13. The summed E-state index contributed by atoms with van der Waals surface area (Å²) >= 11 is 5.47. The van der Waals surface area contributed by atoms with Crippen LogP contribution in [0, 0.1) is 13.8 Å². The van der Waals surface area contributed by atoms with E-state index in [1.54, 1.807) is 0 Å². The fourth-order valence-electron chi connectivity index (χ4n) is 2.32. The van der Waals surface area contributed by atoms with Gasteiger partial charge in [0, 0.05) is 37.1 Å². The zero-order valence-corrected chi connectivity index (χ0v) is 13.9. The van der Waals surface area contributed by atoms with Crippen LogP contribution in [0.2, 0.25) is 0 Å². The van der Waals surface area contributed by atoms with Crippen molar-refractivity contribution in [2.45, 2.75) is 33.9 Å². The fraction of sp³-hybridized carbons (Fsp3) is 0.375. The highest BCUT2D eigenvalue weighted by Gasteiger charge is 2.14. The molecule has 2 rings (SSSR count). The number of thiocarbonyl (C=S) groups is 1. The molecule has 1 aromatic heterocycles. The molecule has 0 spiro atoms. The normalized spacial score (nSPS) is 10.5. The van der Waals surface area contributed by atoms with E-state index in [0.717, 1.165) is 24.5 Å². The molecule has 0 fully saturated rings. The van der Waals surface area contributed by atoms with Crippen LogP contribution in [0.4, 0.5) is 5.69 Å². The highest BCUT2D eigenvalue weighted by Crippen LogP contribution is 2.16. The van der Waals surface area contributed by atoms with Crippen molar-refractivity contribution in [1.82, 2.24) is 14.7 Å². The lowest BCUT2D eigenvalue weighted by Gasteiger charge is -2.21. The van der Waals surface area contributed by atoms with Gasteiger partial charge in [0.15, 0.2) is 5.11 Å². The Morgan fingerprint density at radius 1 is 1.29 bits per heavy atom. The van der Waals surface area contributed by atoms with E-state index in [0.29, 0.717) is 5.11 Å². The van der Waals surface area contributed by atoms with Gasteiger partial charge >= 0.3 is 0 Å². The second-order valence-electron chi connectivity index (χ2n) is 5.12. The summed E-state index contributed by atoms with van der Waals surface area (Å²) in [6, 6.07) is 9.98. The lowest BCUT2D eigenvalue weighted by Crippen LogP contribution is -2.30. The molecule has 1 heterocycles. The topological polar surface area (TPSA) is 33.1 Å². The molecule has 0 radical (unpaired) electrons. The summed E-state index contributed by atoms with van der Waals surface area (Å²) in [6.07, 6.45) is 0. The number of aryl methyl sites for hydroxylation is 2. The van der Waals surface area contributed by atoms with Crippen LogP contribution in [-0.4, -0.2) is 26.8 Å². The Kier molecular flexibility index (Phi) is 4.96. The number of aromatic nitrogens is 2. The van der Waals surface area contributed by atoms with E-state index < -0.39 is 0 Å². The maximum atomic E-state index is 5.47. The molecule has 0 aliphatic carbocycles. The van der Waals surface area contributed by atoms with E-state index in [4.69, 9.17) is 12.2 Å². The van der Waals surface area contributed by atoms with E-state index in [9.17, 15) is 0 Å². The Morgan fingerprint density at radius 2 is 1.95 bits per heavy atom. The second-order valence-corrected chi connectivity index (χ2v) is 5.50. The summed E-state index contributed by atoms with van der Waals surface area (Å²) < 4.78 is 2.03. The van der Waals surface area contributed by atoms with Crippen molar-refractivity contribution in [3.05, 3.63) is 47.3 Å². The van der Waals surface area contributed by atoms with Gasteiger partial charge in [0.05, 0.1) is 5.69 Å². The van der Waals surface area contributed by atoms with Crippen LogP contribution in [-0.2, 0) is 13.1 Å². The Bertz CT molecular complexity index is 619. The molecule has 0 amide bonds. The summed E-state index contributed by atoms with van der Waals surface area (Å²) in [4.78, 5) is 2.04. The van der Waals surface area contributed by atoms with Gasteiger partial charge < -0.3 is 10.2 Å². The van der Waals surface area contributed by atoms with Crippen molar-refractivity contribution in [3.8, 4) is 0 Å². The van der Waals surface area contributed by atoms with Gasteiger partial charge in [-0.15, -0.1) is 0 Å². The number of nitrogens with zero attached hydrogens (tertiary/aromatic N) is 3. The van der Waals surface area contributed by atoms with Crippen molar-refractivity contribution < 1.29 is 0 Å². The third kappa shape index (κ3) is 3.61. The molecular formula is C16H22N4S. The fourth-order valence-corrected chi connectivity index (χ4v) is 2.50. The van der Waals surface area contributed by atoms with Crippen molar-refractivity contribution in [3.63, 3.8) is 0 Å². The number of hydrogen-bond acceptors (Lipinski definition) is 2. The molecule has 0 saturated heterocycles. The average Bonchev–Trinajstić information content (AvgIpc) is 2.75. The van der Waals surface area contributed by atoms with Gasteiger partial charge in [-0.3, -0.25) is 4.68 Å². The van der Waals surface area contributed by atoms with Crippen molar-refractivity contribution >= 4 is 23.0 Å². The quantitative estimate of drug-likeness (QED) is 0.878. The molecule has 0 saturated carbocycles. The molecule has 0 bridgehead atoms. The number of nitrogens with one attached hydrogen (secondary N) is 1. The van der Waals surface area contributed by atoms with Gasteiger partial charge in [0.1, 0.15) is 0 Å². The Labute approximate surface area is 131 Å². The maximum absolute atomic E-state index is 5.47. The molecule has 112 valence electrons. The first-order chi connectivity index (χ1) is 10.0. The molecule has 1 aromatic carbocycles. The molecule has 0 aliphatic heterocycles. The molecule has 0 aliphatic rings. The molecule has 1 N–H and O–H groups in total. The largest absolute Gasteiger partial charge is 0.348 e. The van der Waals surface area contributed by atoms with Gasteiger partial charge in [0.2, 0.25) is 0 Å². The standard InChI is InChI=1S/C16H22N4S/c1-5-20-13(3)15(12(2)18-20)11-19(4)16(21)17-14-9-7-6-8-10-14/h6-10H,5,11H2,1-4H3,(H,17,21). The SMILES string of the molecule is CCn1nc(C)c(CN(C)C(=S)Nc2ccccc2)c1C. The van der Waals surface area contributed by atoms with Crippen molar-refractivity contribution in [2.75, 3.05) is 12.4 Å². The predicted molar refractivity (Wildman–Crippen MR) is 91.5 cm³/mol. The van der Waals surface area contributed by atoms with Crippen molar-refractivity contribution in [2.24, 2.45) is 0 Å². The van der Waals surface area contributed by atoms with Crippen LogP contribution in [0.1, 0.15) is 23.9 Å². The summed E-state index contributed by atoms with van der Waals surface area (Å²) in [5.74, 6) is 0. The van der Waals surface area contributed by atoms with Crippen LogP contribution in [0.15, 0.2) is 30.3 Å². The van der Waals surface area contributed by atoms with Crippen LogP contribution in [0.3, 0.4) is 0 Å². The first kappa shape index (κ1) is 15.5. The molecule has 5 heteroatoms. The van der Waals surface area contributed by atoms with E-state index in [2.05, 4.69) is 31.2 Å². The zero-order valence-electron chi connectivity index (χ0n) is 13.1. The lowest BCUT2D eigenvalue weighted by atomic mass is 10.2. The first-order valence-corrected chi connectivity index (χ1v) is 7.53. The van der Waals surface area contributed by atoms with Crippen LogP contribution >= 0.6 is 12.2 Å². The van der Waals surface area contributed by atoms with Crippen LogP contribution < -0.4 is 5.32 Å². The molecule has 0 unspecified atom stereocenters. The highest BCUT2D eigenvalue weighted by atomic mass is 32.1. The van der Waals surface area contributed by atoms with E-state index in [1.807, 2.05) is 47.0 Å². The smallest absolute Gasteiger partial charge is 0.173 e. The summed E-state index contributed by atoms with van der Waals surface area (Å²) in [5, 5.41) is 8.52. The predicted octanol–water partition coefficient (Wildman–Crippen LogP) is 3.35. The maximum Gasteiger partial charge on any atom is 0.173 e. The monoisotopic (exact) mass is 302 g/mol. The number of anilines is 1. The molecule has 21 heavy (non-hydrogen) atoms. The number of benzene rings is 1. The molecule has 2 aromatic rings. The van der Waals surface area contributed by atoms with Crippen molar-refractivity contribution in [1.29, 1.82) is 0 Å². The second kappa shape index (κ2) is 6.72. The van der Waals surface area contributed by atoms with E-state index in [-0.39, 0.29) is 0 Å². The molecule has 0 atom stereocenters. The lowest BCUT2D eigenvalue weighted by molar-refractivity contribution is 0.504. The minimum absolute atomic E-state index is 0.712. The Hall–Kier alpha value is -1.88. The molecular weight excluding hydrogens is 280 g/mol. The minimum Gasteiger partial charge on any atom is -0.348 e. The number of hydrogen-bond donors (Lipinski definition) is 1.